The molecule has 0 aromatic heterocycles. The average molecular weight is 201 g/mol. The second kappa shape index (κ2) is 5.17. The summed E-state index contributed by atoms with van der Waals surface area (Å²) >= 11 is 0. The highest BCUT2D eigenvalue weighted by atomic mass is 16.5. The number of likely N-dealkylation sites (tertiary alicyclic amines) is 1. The van der Waals surface area contributed by atoms with Gasteiger partial charge in [-0.15, -0.1) is 0 Å². The summed E-state index contributed by atoms with van der Waals surface area (Å²) in [5.74, 6) is 0. The lowest BCUT2D eigenvalue weighted by Gasteiger charge is -2.43. The highest BCUT2D eigenvalue weighted by Crippen LogP contribution is 2.14. The van der Waals surface area contributed by atoms with Gasteiger partial charge in [0.2, 0.25) is 0 Å². The minimum atomic E-state index is -0.228. The zero-order chi connectivity index (χ0) is 10.6. The number of hydrogen-bond acceptors (Lipinski definition) is 4. The maximum Gasteiger partial charge on any atom is 0.409 e. The van der Waals surface area contributed by atoms with Crippen molar-refractivity contribution in [1.29, 1.82) is 0 Å². The van der Waals surface area contributed by atoms with Crippen LogP contribution in [0.4, 0.5) is 4.79 Å². The average Bonchev–Trinajstić information content (AvgIpc) is 2.11. The van der Waals surface area contributed by atoms with Crippen molar-refractivity contribution < 1.29 is 9.53 Å². The topological polar surface area (TPSA) is 58.8 Å². The van der Waals surface area contributed by atoms with E-state index in [-0.39, 0.29) is 6.09 Å². The van der Waals surface area contributed by atoms with Gasteiger partial charge in [0.25, 0.3) is 0 Å². The Kier molecular flexibility index (Phi) is 4.16. The molecule has 0 aromatic rings. The summed E-state index contributed by atoms with van der Waals surface area (Å²) in [6.07, 6.45) is 0.777. The van der Waals surface area contributed by atoms with Gasteiger partial charge in [0, 0.05) is 19.1 Å². The first-order valence-electron chi connectivity index (χ1n) is 4.92. The number of likely N-dealkylation sites (N-methyl/N-ethyl adjacent to an activating group) is 1. The van der Waals surface area contributed by atoms with Crippen LogP contribution < -0.4 is 5.73 Å². The van der Waals surface area contributed by atoms with E-state index >= 15 is 0 Å². The van der Waals surface area contributed by atoms with Gasteiger partial charge < -0.3 is 15.4 Å². The molecule has 0 aliphatic carbocycles. The lowest BCUT2D eigenvalue weighted by Crippen LogP contribution is -2.60. The van der Waals surface area contributed by atoms with E-state index in [9.17, 15) is 4.79 Å². The molecule has 1 saturated heterocycles. The van der Waals surface area contributed by atoms with Crippen molar-refractivity contribution in [2.45, 2.75) is 12.5 Å². The summed E-state index contributed by atoms with van der Waals surface area (Å²) in [6.45, 7) is 3.26. The van der Waals surface area contributed by atoms with Crippen LogP contribution in [0.1, 0.15) is 6.42 Å². The largest absolute Gasteiger partial charge is 0.453 e. The van der Waals surface area contributed by atoms with Gasteiger partial charge >= 0.3 is 6.09 Å². The summed E-state index contributed by atoms with van der Waals surface area (Å²) in [6, 6.07) is 0.473. The molecule has 0 atom stereocenters. The van der Waals surface area contributed by atoms with E-state index < -0.39 is 0 Å². The molecule has 5 heteroatoms. The maximum absolute atomic E-state index is 11.0. The predicted octanol–water partition coefficient (Wildman–Crippen LogP) is -0.282. The van der Waals surface area contributed by atoms with Gasteiger partial charge in [-0.25, -0.2) is 4.79 Å². The minimum Gasteiger partial charge on any atom is -0.453 e. The summed E-state index contributed by atoms with van der Waals surface area (Å²) in [7, 11) is 3.47. The van der Waals surface area contributed by atoms with E-state index in [0.717, 1.165) is 32.6 Å². The zero-order valence-corrected chi connectivity index (χ0v) is 8.90. The molecule has 0 unspecified atom stereocenters. The van der Waals surface area contributed by atoms with Gasteiger partial charge in [-0.3, -0.25) is 4.90 Å². The summed E-state index contributed by atoms with van der Waals surface area (Å²) in [4.78, 5) is 15.0. The Morgan fingerprint density at radius 3 is 2.79 bits per heavy atom. The Morgan fingerprint density at radius 2 is 2.29 bits per heavy atom. The van der Waals surface area contributed by atoms with Crippen LogP contribution in [0.2, 0.25) is 0 Å². The quantitative estimate of drug-likeness (QED) is 0.679. The number of ether oxygens (including phenoxy) is 1. The van der Waals surface area contributed by atoms with Gasteiger partial charge in [0.15, 0.2) is 0 Å². The van der Waals surface area contributed by atoms with E-state index in [1.807, 2.05) is 0 Å². The molecule has 1 heterocycles. The van der Waals surface area contributed by atoms with Crippen molar-refractivity contribution in [1.82, 2.24) is 9.80 Å². The lowest BCUT2D eigenvalue weighted by molar-refractivity contribution is 0.0399. The van der Waals surface area contributed by atoms with Crippen LogP contribution in [0.15, 0.2) is 0 Å². The fourth-order valence-corrected chi connectivity index (χ4v) is 1.54. The van der Waals surface area contributed by atoms with E-state index in [1.165, 1.54) is 7.11 Å². The molecule has 14 heavy (non-hydrogen) atoms. The van der Waals surface area contributed by atoms with Gasteiger partial charge in [0.05, 0.1) is 7.11 Å². The molecule has 5 nitrogen and oxygen atoms in total. The van der Waals surface area contributed by atoms with Crippen LogP contribution in [-0.2, 0) is 4.74 Å². The normalized spacial score (nSPS) is 17.0. The third-order valence-electron chi connectivity index (χ3n) is 2.63. The number of amides is 1. The fraction of sp³-hybridized carbons (Fsp3) is 0.889. The first-order chi connectivity index (χ1) is 6.69. The standard InChI is InChI=1S/C9H19N3O2/c1-11(5-3-4-10)8-6-12(7-8)9(13)14-2/h8H,3-7,10H2,1-2H3. The third-order valence-corrected chi connectivity index (χ3v) is 2.63. The number of carbonyl (C=O) groups excluding carboxylic acids is 1. The van der Waals surface area contributed by atoms with Crippen molar-refractivity contribution in [2.24, 2.45) is 5.73 Å². The lowest BCUT2D eigenvalue weighted by atomic mass is 10.1. The van der Waals surface area contributed by atoms with Crippen molar-refractivity contribution in [2.75, 3.05) is 40.3 Å². The Hall–Kier alpha value is -0.810. The smallest absolute Gasteiger partial charge is 0.409 e. The molecule has 1 aliphatic rings. The monoisotopic (exact) mass is 201 g/mol. The molecule has 1 aliphatic heterocycles. The van der Waals surface area contributed by atoms with Gasteiger partial charge in [-0.05, 0) is 26.6 Å². The molecule has 0 radical (unpaired) electrons. The molecule has 0 aromatic carbocycles. The van der Waals surface area contributed by atoms with E-state index in [2.05, 4.69) is 16.7 Å². The summed E-state index contributed by atoms with van der Waals surface area (Å²) in [5, 5.41) is 0. The number of hydrogen-bond donors (Lipinski definition) is 1. The molecule has 82 valence electrons. The van der Waals surface area contributed by atoms with Crippen molar-refractivity contribution in [3.63, 3.8) is 0 Å². The minimum absolute atomic E-state index is 0.228. The molecular weight excluding hydrogens is 182 g/mol. The second-order valence-corrected chi connectivity index (χ2v) is 3.65. The van der Waals surface area contributed by atoms with Crippen LogP contribution in [0.25, 0.3) is 0 Å². The van der Waals surface area contributed by atoms with E-state index in [0.29, 0.717) is 6.04 Å². The van der Waals surface area contributed by atoms with Crippen molar-refractivity contribution in [3.05, 3.63) is 0 Å². The van der Waals surface area contributed by atoms with Gasteiger partial charge in [-0.2, -0.15) is 0 Å². The van der Waals surface area contributed by atoms with Crippen LogP contribution in [0, 0.1) is 0 Å². The van der Waals surface area contributed by atoms with Gasteiger partial charge in [-0.1, -0.05) is 0 Å². The van der Waals surface area contributed by atoms with Crippen molar-refractivity contribution >= 4 is 6.09 Å². The summed E-state index contributed by atoms with van der Waals surface area (Å²) < 4.78 is 4.61. The first-order valence-corrected chi connectivity index (χ1v) is 4.92. The molecule has 0 bridgehead atoms. The molecule has 1 rings (SSSR count). The third kappa shape index (κ3) is 2.59. The fourth-order valence-electron chi connectivity index (χ4n) is 1.54. The molecule has 0 spiro atoms. The number of nitrogens with zero attached hydrogens (tertiary/aromatic N) is 2. The molecule has 1 amide bonds. The van der Waals surface area contributed by atoms with Gasteiger partial charge in [0.1, 0.15) is 0 Å². The molecular formula is C9H19N3O2. The molecule has 0 saturated carbocycles. The SMILES string of the molecule is COC(=O)N1CC(N(C)CCCN)C1. The Labute approximate surface area is 84.8 Å². The second-order valence-electron chi connectivity index (χ2n) is 3.65. The Bertz CT molecular complexity index is 192. The molecule has 1 fully saturated rings. The number of carbonyl (C=O) groups is 1. The summed E-state index contributed by atoms with van der Waals surface area (Å²) in [5.41, 5.74) is 5.42. The Morgan fingerprint density at radius 1 is 1.64 bits per heavy atom. The predicted molar refractivity (Wildman–Crippen MR) is 54.1 cm³/mol. The maximum atomic E-state index is 11.0. The number of rotatable bonds is 4. The van der Waals surface area contributed by atoms with Crippen LogP contribution in [0.5, 0.6) is 0 Å². The highest BCUT2D eigenvalue weighted by molar-refractivity contribution is 5.68. The van der Waals surface area contributed by atoms with Crippen molar-refractivity contribution in [3.8, 4) is 0 Å². The van der Waals surface area contributed by atoms with Crippen LogP contribution >= 0.6 is 0 Å². The first kappa shape index (κ1) is 11.3. The van der Waals surface area contributed by atoms with E-state index in [4.69, 9.17) is 5.73 Å². The number of nitrogens with two attached hydrogens (primary N) is 1. The van der Waals surface area contributed by atoms with Crippen LogP contribution in [0.3, 0.4) is 0 Å². The number of methoxy groups -OCH3 is 1. The van der Waals surface area contributed by atoms with E-state index in [1.54, 1.807) is 4.90 Å². The van der Waals surface area contributed by atoms with Crippen LogP contribution in [-0.4, -0.2) is 62.3 Å². The zero-order valence-electron chi connectivity index (χ0n) is 8.90. The molecule has 2 N–H and O–H groups in total. The Balaban J connectivity index is 2.16. The highest BCUT2D eigenvalue weighted by Gasteiger charge is 2.33.